The van der Waals surface area contributed by atoms with Gasteiger partial charge in [0.1, 0.15) is 0 Å². The van der Waals surface area contributed by atoms with Crippen LogP contribution in [0.25, 0.3) is 11.8 Å². The van der Waals surface area contributed by atoms with E-state index in [9.17, 15) is 14.7 Å². The standard InChI is InChI=1S/C22H17N3O3S/c1-14-6-2-3-10-18(14)23-22-24-20(26)19(29-22)13-17-9-5-11-25(17)16-8-4-7-15(12-16)21(27)28/h2-13H,1H3,(H,27,28)(H,23,24,26)/p-1/b19-13-. The van der Waals surface area contributed by atoms with Gasteiger partial charge >= 0.3 is 0 Å². The minimum Gasteiger partial charge on any atom is -0.545 e. The van der Waals surface area contributed by atoms with Crippen molar-refractivity contribution in [1.82, 2.24) is 9.88 Å². The Balaban J connectivity index is 1.64. The van der Waals surface area contributed by atoms with E-state index in [-0.39, 0.29) is 11.5 Å². The summed E-state index contributed by atoms with van der Waals surface area (Å²) >= 11 is 1.27. The average molecular weight is 402 g/mol. The Morgan fingerprint density at radius 1 is 1.14 bits per heavy atom. The van der Waals surface area contributed by atoms with E-state index in [0.29, 0.717) is 15.8 Å². The van der Waals surface area contributed by atoms with E-state index in [0.717, 1.165) is 16.9 Å². The van der Waals surface area contributed by atoms with Crippen LogP contribution in [0.4, 0.5) is 5.69 Å². The van der Waals surface area contributed by atoms with E-state index in [1.807, 2.05) is 47.9 Å². The maximum absolute atomic E-state index is 12.4. The van der Waals surface area contributed by atoms with E-state index in [4.69, 9.17) is 0 Å². The normalized spacial score (nSPS) is 16.4. The van der Waals surface area contributed by atoms with Crippen molar-refractivity contribution in [3.05, 3.63) is 88.6 Å². The molecule has 6 nitrogen and oxygen atoms in total. The number of benzene rings is 2. The lowest BCUT2D eigenvalue weighted by molar-refractivity contribution is -0.255. The highest BCUT2D eigenvalue weighted by atomic mass is 32.2. The van der Waals surface area contributed by atoms with Gasteiger partial charge < -0.3 is 19.8 Å². The first-order chi connectivity index (χ1) is 14.0. The molecule has 2 aromatic carbocycles. The summed E-state index contributed by atoms with van der Waals surface area (Å²) in [7, 11) is 0. The van der Waals surface area contributed by atoms with Crippen LogP contribution in [0.15, 0.2) is 76.8 Å². The number of aliphatic imine (C=N–C) groups is 1. The highest BCUT2D eigenvalue weighted by molar-refractivity contribution is 8.18. The Labute approximate surface area is 171 Å². The summed E-state index contributed by atoms with van der Waals surface area (Å²) in [5.74, 6) is -1.46. The molecule has 0 bridgehead atoms. The molecule has 1 fully saturated rings. The molecule has 7 heteroatoms. The molecule has 0 unspecified atom stereocenters. The molecule has 1 amide bonds. The van der Waals surface area contributed by atoms with Crippen LogP contribution in [0.1, 0.15) is 21.6 Å². The number of amidine groups is 1. The number of carbonyl (C=O) groups is 2. The maximum Gasteiger partial charge on any atom is 0.264 e. The fourth-order valence-electron chi connectivity index (χ4n) is 2.94. The Morgan fingerprint density at radius 2 is 1.97 bits per heavy atom. The molecule has 29 heavy (non-hydrogen) atoms. The van der Waals surface area contributed by atoms with Crippen LogP contribution >= 0.6 is 11.8 Å². The van der Waals surface area contributed by atoms with Gasteiger partial charge in [0.2, 0.25) is 0 Å². The molecule has 0 aliphatic carbocycles. The maximum atomic E-state index is 12.4. The zero-order valence-electron chi connectivity index (χ0n) is 15.5. The first-order valence-electron chi connectivity index (χ1n) is 8.85. The zero-order valence-corrected chi connectivity index (χ0v) is 16.3. The number of aromatic nitrogens is 1. The molecule has 3 aromatic rings. The summed E-state index contributed by atoms with van der Waals surface area (Å²) < 4.78 is 1.81. The number of aryl methyl sites for hydroxylation is 1. The number of amides is 1. The van der Waals surface area contributed by atoms with Crippen molar-refractivity contribution < 1.29 is 14.7 Å². The van der Waals surface area contributed by atoms with Gasteiger partial charge in [0, 0.05) is 17.6 Å². The van der Waals surface area contributed by atoms with Gasteiger partial charge in [-0.25, -0.2) is 4.99 Å². The lowest BCUT2D eigenvalue weighted by Crippen LogP contribution is -2.22. The molecule has 2 heterocycles. The molecule has 144 valence electrons. The summed E-state index contributed by atoms with van der Waals surface area (Å²) in [6, 6.07) is 17.8. The van der Waals surface area contributed by atoms with Crippen molar-refractivity contribution in [2.24, 2.45) is 4.99 Å². The summed E-state index contributed by atoms with van der Waals surface area (Å²) in [6.07, 6.45) is 3.56. The van der Waals surface area contributed by atoms with Crippen molar-refractivity contribution in [1.29, 1.82) is 0 Å². The highest BCUT2D eigenvalue weighted by Gasteiger charge is 2.24. The number of carboxylic acid groups (broad SMARTS) is 1. The number of hydrogen-bond acceptors (Lipinski definition) is 5. The third kappa shape index (κ3) is 4.00. The van der Waals surface area contributed by atoms with Crippen molar-refractivity contribution in [3.63, 3.8) is 0 Å². The Bertz CT molecular complexity index is 1180. The van der Waals surface area contributed by atoms with Crippen LogP contribution in [-0.4, -0.2) is 21.6 Å². The zero-order chi connectivity index (χ0) is 20.4. The summed E-state index contributed by atoms with van der Waals surface area (Å²) in [4.78, 5) is 28.6. The van der Waals surface area contributed by atoms with Crippen LogP contribution < -0.4 is 10.4 Å². The van der Waals surface area contributed by atoms with Gasteiger partial charge in [-0.15, -0.1) is 0 Å². The van der Waals surface area contributed by atoms with Crippen LogP contribution in [0.3, 0.4) is 0 Å². The summed E-state index contributed by atoms with van der Waals surface area (Å²) in [5, 5.41) is 14.4. The minimum absolute atomic E-state index is 0.0930. The molecule has 4 rings (SSSR count). The molecule has 1 saturated heterocycles. The van der Waals surface area contributed by atoms with Crippen molar-refractivity contribution in [3.8, 4) is 5.69 Å². The molecular formula is C22H16N3O3S-. The third-order valence-electron chi connectivity index (χ3n) is 4.41. The number of thioether (sulfide) groups is 1. The fourth-order valence-corrected chi connectivity index (χ4v) is 3.76. The lowest BCUT2D eigenvalue weighted by atomic mass is 10.2. The molecule has 1 aliphatic heterocycles. The number of rotatable bonds is 4. The number of aromatic carboxylic acids is 1. The van der Waals surface area contributed by atoms with E-state index < -0.39 is 5.97 Å². The van der Waals surface area contributed by atoms with E-state index in [2.05, 4.69) is 10.3 Å². The number of para-hydroxylation sites is 1. The van der Waals surface area contributed by atoms with E-state index in [1.165, 1.54) is 23.9 Å². The molecule has 0 spiro atoms. The van der Waals surface area contributed by atoms with Crippen molar-refractivity contribution >= 4 is 40.6 Å². The SMILES string of the molecule is Cc1ccccc1N=C1NC(=O)/C(=C/c2cccn2-c2cccc(C(=O)[O-])c2)S1. The van der Waals surface area contributed by atoms with Crippen molar-refractivity contribution in [2.75, 3.05) is 0 Å². The van der Waals surface area contributed by atoms with Gasteiger partial charge in [0.05, 0.1) is 16.6 Å². The predicted molar refractivity (Wildman–Crippen MR) is 112 cm³/mol. The van der Waals surface area contributed by atoms with Gasteiger partial charge in [-0.1, -0.05) is 30.3 Å². The van der Waals surface area contributed by atoms with Crippen LogP contribution in [-0.2, 0) is 4.79 Å². The van der Waals surface area contributed by atoms with Crippen LogP contribution in [0, 0.1) is 6.92 Å². The van der Waals surface area contributed by atoms with Gasteiger partial charge in [0.15, 0.2) is 5.17 Å². The van der Waals surface area contributed by atoms with Crippen molar-refractivity contribution in [2.45, 2.75) is 6.92 Å². The summed E-state index contributed by atoms with van der Waals surface area (Å²) in [6.45, 7) is 1.96. The first kappa shape index (κ1) is 18.8. The van der Waals surface area contributed by atoms with E-state index in [1.54, 1.807) is 24.4 Å². The molecule has 0 radical (unpaired) electrons. The van der Waals surface area contributed by atoms with Gasteiger partial charge in [0.25, 0.3) is 5.91 Å². The number of nitrogens with zero attached hydrogens (tertiary/aromatic N) is 2. The van der Waals surface area contributed by atoms with Crippen LogP contribution in [0.2, 0.25) is 0 Å². The molecular weight excluding hydrogens is 386 g/mol. The van der Waals surface area contributed by atoms with Crippen LogP contribution in [0.5, 0.6) is 0 Å². The first-order valence-corrected chi connectivity index (χ1v) is 9.67. The second kappa shape index (κ2) is 7.81. The lowest BCUT2D eigenvalue weighted by Gasteiger charge is -2.09. The number of carboxylic acids is 1. The quantitative estimate of drug-likeness (QED) is 0.680. The molecule has 0 atom stereocenters. The van der Waals surface area contributed by atoms with E-state index >= 15 is 0 Å². The molecule has 1 aliphatic rings. The number of nitrogens with one attached hydrogen (secondary N) is 1. The molecule has 0 saturated carbocycles. The largest absolute Gasteiger partial charge is 0.545 e. The van der Waals surface area contributed by atoms with Gasteiger partial charge in [-0.3, -0.25) is 4.79 Å². The molecule has 1 aromatic heterocycles. The second-order valence-corrected chi connectivity index (χ2v) is 7.44. The minimum atomic E-state index is -1.23. The topological polar surface area (TPSA) is 86.5 Å². The monoisotopic (exact) mass is 402 g/mol. The average Bonchev–Trinajstić information content (AvgIpc) is 3.30. The van der Waals surface area contributed by atoms with Gasteiger partial charge in [-0.05, 0) is 66.2 Å². The Kier molecular flexibility index (Phi) is 5.05. The smallest absolute Gasteiger partial charge is 0.264 e. The Morgan fingerprint density at radius 3 is 2.76 bits per heavy atom. The molecule has 1 N–H and O–H groups in total. The number of carbonyl (C=O) groups excluding carboxylic acids is 2. The third-order valence-corrected chi connectivity index (χ3v) is 5.32. The number of hydrogen-bond donors (Lipinski definition) is 1. The predicted octanol–water partition coefficient (Wildman–Crippen LogP) is 3.04. The highest BCUT2D eigenvalue weighted by Crippen LogP contribution is 2.29. The second-order valence-electron chi connectivity index (χ2n) is 6.41. The summed E-state index contributed by atoms with van der Waals surface area (Å²) in [5.41, 5.74) is 3.33. The Hall–Kier alpha value is -3.58. The van der Waals surface area contributed by atoms with Gasteiger partial charge in [-0.2, -0.15) is 0 Å². The fraction of sp³-hybridized carbons (Fsp3) is 0.0455.